The average molecular weight is 232 g/mol. The van der Waals surface area contributed by atoms with Gasteiger partial charge in [-0.1, -0.05) is 13.0 Å². The number of hydrogen-bond acceptors (Lipinski definition) is 2. The minimum atomic E-state index is -0.811. The number of benzene rings is 1. The molecule has 1 aromatic heterocycles. The van der Waals surface area contributed by atoms with Crippen LogP contribution in [0, 0.1) is 0 Å². The predicted octanol–water partition coefficient (Wildman–Crippen LogP) is 2.15. The number of aliphatic carboxylic acids is 1. The van der Waals surface area contributed by atoms with E-state index in [9.17, 15) is 4.79 Å². The summed E-state index contributed by atoms with van der Waals surface area (Å²) in [6.07, 6.45) is 2.05. The molecule has 0 bridgehead atoms. The first-order chi connectivity index (χ1) is 8.11. The van der Waals surface area contributed by atoms with Gasteiger partial charge in [0, 0.05) is 13.5 Å². The molecule has 4 nitrogen and oxygen atoms in total. The van der Waals surface area contributed by atoms with Gasteiger partial charge in [0.15, 0.2) is 0 Å². The van der Waals surface area contributed by atoms with Crippen molar-refractivity contribution in [1.82, 2.24) is 9.55 Å². The molecule has 0 aliphatic heterocycles. The lowest BCUT2D eigenvalue weighted by atomic mass is 10.1. The third kappa shape index (κ3) is 2.30. The Bertz CT molecular complexity index is 558. The van der Waals surface area contributed by atoms with Crippen molar-refractivity contribution in [2.24, 2.45) is 7.05 Å². The molecule has 0 atom stereocenters. The Balaban J connectivity index is 2.44. The largest absolute Gasteiger partial charge is 0.481 e. The van der Waals surface area contributed by atoms with Crippen molar-refractivity contribution in [3.8, 4) is 0 Å². The number of hydrogen-bond donors (Lipinski definition) is 1. The molecule has 1 aromatic carbocycles. The summed E-state index contributed by atoms with van der Waals surface area (Å²) in [4.78, 5) is 15.2. The maximum Gasteiger partial charge on any atom is 0.307 e. The molecule has 0 saturated heterocycles. The smallest absolute Gasteiger partial charge is 0.307 e. The standard InChI is InChI=1S/C13H16N2O2/c1-3-4-12-14-10-7-9(8-13(16)17)5-6-11(10)15(12)2/h5-7H,3-4,8H2,1-2H3,(H,16,17). The second-order valence-electron chi connectivity index (χ2n) is 4.23. The van der Waals surface area contributed by atoms with Gasteiger partial charge in [0.25, 0.3) is 0 Å². The van der Waals surface area contributed by atoms with E-state index in [1.165, 1.54) is 0 Å². The van der Waals surface area contributed by atoms with Crippen molar-refractivity contribution in [2.75, 3.05) is 0 Å². The highest BCUT2D eigenvalue weighted by Gasteiger charge is 2.08. The molecule has 17 heavy (non-hydrogen) atoms. The predicted molar refractivity (Wildman–Crippen MR) is 66.0 cm³/mol. The number of imidazole rings is 1. The Morgan fingerprint density at radius 1 is 1.47 bits per heavy atom. The van der Waals surface area contributed by atoms with Crippen molar-refractivity contribution < 1.29 is 9.90 Å². The minimum absolute atomic E-state index is 0.0512. The van der Waals surface area contributed by atoms with Gasteiger partial charge in [-0.05, 0) is 24.1 Å². The zero-order valence-corrected chi connectivity index (χ0v) is 10.1. The van der Waals surface area contributed by atoms with E-state index in [4.69, 9.17) is 5.11 Å². The van der Waals surface area contributed by atoms with Gasteiger partial charge in [0.1, 0.15) is 5.82 Å². The summed E-state index contributed by atoms with van der Waals surface area (Å²) in [5.41, 5.74) is 2.74. The maximum atomic E-state index is 10.7. The van der Waals surface area contributed by atoms with Crippen LogP contribution in [0.4, 0.5) is 0 Å². The maximum absolute atomic E-state index is 10.7. The van der Waals surface area contributed by atoms with Crippen molar-refractivity contribution in [1.29, 1.82) is 0 Å². The van der Waals surface area contributed by atoms with Gasteiger partial charge in [0.05, 0.1) is 17.5 Å². The SMILES string of the molecule is CCCc1nc2cc(CC(=O)O)ccc2n1C. The monoisotopic (exact) mass is 232 g/mol. The van der Waals surface area contributed by atoms with Gasteiger partial charge in [0.2, 0.25) is 0 Å². The fraction of sp³-hybridized carbons (Fsp3) is 0.385. The summed E-state index contributed by atoms with van der Waals surface area (Å²) in [6.45, 7) is 2.12. The Hall–Kier alpha value is -1.84. The molecule has 1 N–H and O–H groups in total. The minimum Gasteiger partial charge on any atom is -0.481 e. The molecule has 0 fully saturated rings. The van der Waals surface area contributed by atoms with Crippen LogP contribution in [-0.2, 0) is 24.7 Å². The third-order valence-electron chi connectivity index (χ3n) is 2.87. The second-order valence-corrected chi connectivity index (χ2v) is 4.23. The number of aromatic nitrogens is 2. The van der Waals surface area contributed by atoms with Gasteiger partial charge in [-0.2, -0.15) is 0 Å². The molecule has 0 unspecified atom stereocenters. The van der Waals surface area contributed by atoms with Gasteiger partial charge >= 0.3 is 5.97 Å². The molecule has 0 aliphatic rings. The molecular formula is C13H16N2O2. The molecule has 0 spiro atoms. The summed E-state index contributed by atoms with van der Waals surface area (Å²) in [6, 6.07) is 5.66. The van der Waals surface area contributed by atoms with E-state index in [0.29, 0.717) is 0 Å². The van der Waals surface area contributed by atoms with E-state index in [0.717, 1.165) is 35.3 Å². The first-order valence-corrected chi connectivity index (χ1v) is 5.78. The van der Waals surface area contributed by atoms with Crippen LogP contribution in [0.3, 0.4) is 0 Å². The fourth-order valence-electron chi connectivity index (χ4n) is 2.03. The summed E-state index contributed by atoms with van der Waals surface area (Å²) in [5, 5.41) is 8.76. The van der Waals surface area contributed by atoms with Crippen molar-refractivity contribution in [2.45, 2.75) is 26.2 Å². The number of rotatable bonds is 4. The molecule has 90 valence electrons. The molecule has 2 rings (SSSR count). The molecule has 2 aromatic rings. The third-order valence-corrected chi connectivity index (χ3v) is 2.87. The Kier molecular flexibility index (Phi) is 3.13. The summed E-state index contributed by atoms with van der Waals surface area (Å²) in [5.74, 6) is 0.240. The molecule has 1 heterocycles. The molecular weight excluding hydrogens is 216 g/mol. The topological polar surface area (TPSA) is 55.1 Å². The summed E-state index contributed by atoms with van der Waals surface area (Å²) >= 11 is 0. The van der Waals surface area contributed by atoms with Crippen LogP contribution < -0.4 is 0 Å². The molecule has 0 aliphatic carbocycles. The quantitative estimate of drug-likeness (QED) is 0.878. The second kappa shape index (κ2) is 4.57. The van der Waals surface area contributed by atoms with Crippen molar-refractivity contribution in [3.05, 3.63) is 29.6 Å². The lowest BCUT2D eigenvalue weighted by molar-refractivity contribution is -0.136. The van der Waals surface area contributed by atoms with Crippen LogP contribution in [0.15, 0.2) is 18.2 Å². The normalized spacial score (nSPS) is 10.9. The van der Waals surface area contributed by atoms with E-state index in [1.54, 1.807) is 0 Å². The Morgan fingerprint density at radius 3 is 2.88 bits per heavy atom. The van der Waals surface area contributed by atoms with Crippen molar-refractivity contribution >= 4 is 17.0 Å². The first kappa shape index (κ1) is 11.6. The van der Waals surface area contributed by atoms with E-state index < -0.39 is 5.97 Å². The van der Waals surface area contributed by atoms with E-state index >= 15 is 0 Å². The lowest BCUT2D eigenvalue weighted by Crippen LogP contribution is -1.99. The fourth-order valence-corrected chi connectivity index (χ4v) is 2.03. The number of carbonyl (C=O) groups is 1. The van der Waals surface area contributed by atoms with Crippen LogP contribution in [0.25, 0.3) is 11.0 Å². The van der Waals surface area contributed by atoms with E-state index in [2.05, 4.69) is 16.5 Å². The number of nitrogens with zero attached hydrogens (tertiary/aromatic N) is 2. The molecule has 0 saturated carbocycles. The molecule has 4 heteroatoms. The van der Waals surface area contributed by atoms with Gasteiger partial charge in [-0.3, -0.25) is 4.79 Å². The van der Waals surface area contributed by atoms with Crippen LogP contribution in [0.1, 0.15) is 24.7 Å². The van der Waals surface area contributed by atoms with Crippen molar-refractivity contribution in [3.63, 3.8) is 0 Å². The molecule has 0 radical (unpaired) electrons. The highest BCUT2D eigenvalue weighted by Crippen LogP contribution is 2.18. The average Bonchev–Trinajstić information content (AvgIpc) is 2.55. The number of aryl methyl sites for hydroxylation is 2. The number of carboxylic acids is 1. The van der Waals surface area contributed by atoms with Gasteiger partial charge < -0.3 is 9.67 Å². The molecule has 0 amide bonds. The Labute approximate surface area is 99.9 Å². The van der Waals surface area contributed by atoms with E-state index in [1.807, 2.05) is 25.2 Å². The Morgan fingerprint density at radius 2 is 2.24 bits per heavy atom. The van der Waals surface area contributed by atoms with Crippen LogP contribution in [-0.4, -0.2) is 20.6 Å². The van der Waals surface area contributed by atoms with Crippen LogP contribution >= 0.6 is 0 Å². The highest BCUT2D eigenvalue weighted by molar-refractivity contribution is 5.79. The summed E-state index contributed by atoms with van der Waals surface area (Å²) < 4.78 is 2.07. The van der Waals surface area contributed by atoms with E-state index in [-0.39, 0.29) is 6.42 Å². The lowest BCUT2D eigenvalue weighted by Gasteiger charge is -2.00. The van der Waals surface area contributed by atoms with Crippen LogP contribution in [0.5, 0.6) is 0 Å². The highest BCUT2D eigenvalue weighted by atomic mass is 16.4. The zero-order chi connectivity index (χ0) is 12.4. The first-order valence-electron chi connectivity index (χ1n) is 5.78. The number of carboxylic acid groups (broad SMARTS) is 1. The zero-order valence-electron chi connectivity index (χ0n) is 10.1. The van der Waals surface area contributed by atoms with Gasteiger partial charge in [-0.15, -0.1) is 0 Å². The number of fused-ring (bicyclic) bond motifs is 1. The summed E-state index contributed by atoms with van der Waals surface area (Å²) in [7, 11) is 2.00. The van der Waals surface area contributed by atoms with Crippen LogP contribution in [0.2, 0.25) is 0 Å². The van der Waals surface area contributed by atoms with Gasteiger partial charge in [-0.25, -0.2) is 4.98 Å².